The monoisotopic (exact) mass is 318 g/mol. The van der Waals surface area contributed by atoms with Gasteiger partial charge in [0.05, 0.1) is 13.2 Å². The Balaban J connectivity index is 2.46. The molecule has 1 aliphatic heterocycles. The summed E-state index contributed by atoms with van der Waals surface area (Å²) >= 11 is 0. The second-order valence-electron chi connectivity index (χ2n) is 8.46. The first-order valence-corrected chi connectivity index (χ1v) is 8.27. The molecular weight excluding hydrogens is 288 g/mol. The second-order valence-corrected chi connectivity index (χ2v) is 8.46. The van der Waals surface area contributed by atoms with Crippen molar-refractivity contribution in [1.82, 2.24) is 0 Å². The zero-order valence-electron chi connectivity index (χ0n) is 15.3. The number of benzene rings is 1. The molecule has 2 rings (SSSR count). The predicted molar refractivity (Wildman–Crippen MR) is 93.8 cm³/mol. The van der Waals surface area contributed by atoms with E-state index in [1.54, 1.807) is 0 Å². The van der Waals surface area contributed by atoms with Gasteiger partial charge >= 0.3 is 0 Å². The van der Waals surface area contributed by atoms with Gasteiger partial charge in [0.1, 0.15) is 5.75 Å². The molecule has 3 nitrogen and oxygen atoms in total. The Bertz CT molecular complexity index is 533. The number of hydrogen-bond donors (Lipinski definition) is 1. The summed E-state index contributed by atoms with van der Waals surface area (Å²) in [5.41, 5.74) is 2.52. The summed E-state index contributed by atoms with van der Waals surface area (Å²) in [7, 11) is 0. The Morgan fingerprint density at radius 2 is 1.43 bits per heavy atom. The highest BCUT2D eigenvalue weighted by molar-refractivity contribution is 5.50. The van der Waals surface area contributed by atoms with E-state index in [9.17, 15) is 5.11 Å². The fourth-order valence-corrected chi connectivity index (χ4v) is 2.78. The number of hydrogen-bond acceptors (Lipinski definition) is 3. The number of rotatable bonds is 2. The lowest BCUT2D eigenvalue weighted by Gasteiger charge is -2.32. The van der Waals surface area contributed by atoms with Crippen molar-refractivity contribution in [3.8, 4) is 5.75 Å². The van der Waals surface area contributed by atoms with Crippen LogP contribution in [0.1, 0.15) is 64.5 Å². The molecule has 0 saturated carbocycles. The summed E-state index contributed by atoms with van der Waals surface area (Å²) in [6, 6.07) is 4.03. The maximum atomic E-state index is 10.8. The molecule has 0 aliphatic carbocycles. The van der Waals surface area contributed by atoms with Gasteiger partial charge in [-0.05, 0) is 34.1 Å². The minimum atomic E-state index is -0.381. The van der Waals surface area contributed by atoms with Crippen LogP contribution >= 0.6 is 0 Å². The molecule has 1 aliphatic rings. The molecule has 0 spiro atoms. The van der Waals surface area contributed by atoms with E-state index >= 15 is 0 Å². The van der Waals surface area contributed by atoms with Gasteiger partial charge in [0.15, 0.2) is 6.29 Å². The summed E-state index contributed by atoms with van der Waals surface area (Å²) in [6.45, 7) is 17.7. The summed E-state index contributed by atoms with van der Waals surface area (Å²) in [4.78, 5) is 0. The Morgan fingerprint density at radius 1 is 1.00 bits per heavy atom. The quantitative estimate of drug-likeness (QED) is 0.793. The van der Waals surface area contributed by atoms with Crippen molar-refractivity contribution in [3.05, 3.63) is 41.5 Å². The van der Waals surface area contributed by atoms with E-state index in [1.807, 2.05) is 18.2 Å². The fraction of sp³-hybridized carbons (Fsp3) is 0.600. The molecule has 23 heavy (non-hydrogen) atoms. The molecule has 1 fully saturated rings. The van der Waals surface area contributed by atoms with E-state index in [4.69, 9.17) is 9.47 Å². The third-order valence-electron chi connectivity index (χ3n) is 4.28. The van der Waals surface area contributed by atoms with Gasteiger partial charge < -0.3 is 14.6 Å². The zero-order chi connectivity index (χ0) is 17.4. The van der Waals surface area contributed by atoms with E-state index < -0.39 is 0 Å². The second kappa shape index (κ2) is 6.29. The van der Waals surface area contributed by atoms with Crippen molar-refractivity contribution in [3.63, 3.8) is 0 Å². The number of ether oxygens (including phenoxy) is 2. The van der Waals surface area contributed by atoms with Crippen LogP contribution in [0.15, 0.2) is 24.8 Å². The Morgan fingerprint density at radius 3 is 1.78 bits per heavy atom. The van der Waals surface area contributed by atoms with Crippen LogP contribution < -0.4 is 0 Å². The third-order valence-corrected chi connectivity index (χ3v) is 4.28. The van der Waals surface area contributed by atoms with Crippen molar-refractivity contribution < 1.29 is 14.6 Å². The topological polar surface area (TPSA) is 38.7 Å². The molecule has 1 aromatic rings. The van der Waals surface area contributed by atoms with Crippen LogP contribution in [-0.2, 0) is 20.3 Å². The maximum Gasteiger partial charge on any atom is 0.183 e. The van der Waals surface area contributed by atoms with Gasteiger partial charge in [-0.25, -0.2) is 0 Å². The molecule has 0 aromatic heterocycles. The smallest absolute Gasteiger partial charge is 0.183 e. The summed E-state index contributed by atoms with van der Waals surface area (Å²) in [5.74, 6) is 0.626. The van der Waals surface area contributed by atoms with Crippen LogP contribution in [0.5, 0.6) is 5.75 Å². The van der Waals surface area contributed by atoms with E-state index in [0.717, 1.165) is 16.7 Å². The summed E-state index contributed by atoms with van der Waals surface area (Å²) in [6.07, 6.45) is 1.49. The number of phenolic OH excluding ortho intramolecular Hbond substituents is 1. The van der Waals surface area contributed by atoms with Gasteiger partial charge in [0.2, 0.25) is 0 Å². The van der Waals surface area contributed by atoms with Crippen molar-refractivity contribution in [2.45, 2.75) is 58.7 Å². The fourth-order valence-electron chi connectivity index (χ4n) is 2.78. The van der Waals surface area contributed by atoms with E-state index in [1.165, 1.54) is 0 Å². The molecule has 0 radical (unpaired) electrons. The lowest BCUT2D eigenvalue weighted by molar-refractivity contribution is -0.197. The van der Waals surface area contributed by atoms with Crippen LogP contribution in [0.3, 0.4) is 0 Å². The average Bonchev–Trinajstić information content (AvgIpc) is 2.45. The Hall–Kier alpha value is -1.32. The highest BCUT2D eigenvalue weighted by Gasteiger charge is 2.30. The van der Waals surface area contributed by atoms with Gasteiger partial charge in [0.25, 0.3) is 0 Å². The minimum Gasteiger partial charge on any atom is -0.507 e. The molecule has 1 heterocycles. The maximum absolute atomic E-state index is 10.8. The van der Waals surface area contributed by atoms with Crippen molar-refractivity contribution >= 4 is 0 Å². The first kappa shape index (κ1) is 18.0. The molecule has 0 atom stereocenters. The minimum absolute atomic E-state index is 0.154. The van der Waals surface area contributed by atoms with Crippen molar-refractivity contribution in [2.24, 2.45) is 5.92 Å². The van der Waals surface area contributed by atoms with Gasteiger partial charge in [-0.3, -0.25) is 0 Å². The van der Waals surface area contributed by atoms with Gasteiger partial charge in [-0.2, -0.15) is 0 Å². The molecule has 1 aromatic carbocycles. The Kier molecular flexibility index (Phi) is 4.93. The molecule has 0 unspecified atom stereocenters. The van der Waals surface area contributed by atoms with Crippen LogP contribution in [0.2, 0.25) is 0 Å². The Labute approximate surface area is 140 Å². The molecule has 0 amide bonds. The molecule has 0 bridgehead atoms. The van der Waals surface area contributed by atoms with E-state index in [2.05, 4.69) is 48.1 Å². The summed E-state index contributed by atoms with van der Waals surface area (Å²) in [5, 5.41) is 10.8. The lowest BCUT2D eigenvalue weighted by atomic mass is 9.78. The first-order valence-electron chi connectivity index (χ1n) is 8.27. The van der Waals surface area contributed by atoms with Crippen LogP contribution in [-0.4, -0.2) is 18.3 Å². The highest BCUT2D eigenvalue weighted by Crippen LogP contribution is 2.41. The number of aromatic hydroxyl groups is 1. The van der Waals surface area contributed by atoms with Crippen molar-refractivity contribution in [1.29, 1.82) is 0 Å². The SMILES string of the molecule is C=CC1COC(c2cc(C(C)(C)C)c(O)c(C(C)(C)C)c2)OC1. The average molecular weight is 318 g/mol. The summed E-state index contributed by atoms with van der Waals surface area (Å²) < 4.78 is 11.7. The van der Waals surface area contributed by atoms with Gasteiger partial charge in [-0.15, -0.1) is 6.58 Å². The lowest BCUT2D eigenvalue weighted by Crippen LogP contribution is -2.26. The normalized spacial score (nSPS) is 22.9. The van der Waals surface area contributed by atoms with Crippen LogP contribution in [0.4, 0.5) is 0 Å². The standard InChI is InChI=1S/C20H30O3/c1-8-13-11-22-18(23-12-13)14-9-15(19(2,3)4)17(21)16(10-14)20(5,6)7/h8-10,13,18,21H,1,11-12H2,2-7H3. The molecular formula is C20H30O3. The zero-order valence-corrected chi connectivity index (χ0v) is 15.3. The van der Waals surface area contributed by atoms with Gasteiger partial charge in [-0.1, -0.05) is 47.6 Å². The van der Waals surface area contributed by atoms with Crippen LogP contribution in [0, 0.1) is 5.92 Å². The number of phenols is 1. The largest absolute Gasteiger partial charge is 0.507 e. The molecule has 1 saturated heterocycles. The third kappa shape index (κ3) is 3.96. The van der Waals surface area contributed by atoms with Gasteiger partial charge in [0, 0.05) is 11.5 Å². The highest BCUT2D eigenvalue weighted by atomic mass is 16.7. The molecule has 1 N–H and O–H groups in total. The van der Waals surface area contributed by atoms with E-state index in [-0.39, 0.29) is 23.0 Å². The molecule has 3 heteroatoms. The molecule has 128 valence electrons. The first-order chi connectivity index (χ1) is 10.5. The van der Waals surface area contributed by atoms with Crippen LogP contribution in [0.25, 0.3) is 0 Å². The van der Waals surface area contributed by atoms with Crippen molar-refractivity contribution in [2.75, 3.05) is 13.2 Å². The predicted octanol–water partition coefficient (Wildman–Crippen LogP) is 4.83. The van der Waals surface area contributed by atoms with E-state index in [0.29, 0.717) is 19.0 Å².